The van der Waals surface area contributed by atoms with Crippen LogP contribution < -0.4 is 0 Å². The van der Waals surface area contributed by atoms with Gasteiger partial charge < -0.3 is 14.4 Å². The van der Waals surface area contributed by atoms with Crippen molar-refractivity contribution in [2.75, 3.05) is 7.11 Å². The number of hydrogen-bond acceptors (Lipinski definition) is 5. The zero-order valence-corrected chi connectivity index (χ0v) is 12.5. The van der Waals surface area contributed by atoms with Gasteiger partial charge in [-0.3, -0.25) is 0 Å². The van der Waals surface area contributed by atoms with Crippen molar-refractivity contribution in [1.82, 2.24) is 10.1 Å². The van der Waals surface area contributed by atoms with Crippen molar-refractivity contribution in [2.24, 2.45) is 5.92 Å². The standard InChI is InChI=1S/C13H15BrN2O3/c1-7(2)11(18-3)12-15-13(19-16-12)9-6-8(14)4-5-10(9)17/h4-7,11,17H,1-3H3. The summed E-state index contributed by atoms with van der Waals surface area (Å²) in [5, 5.41) is 13.7. The number of aromatic hydroxyl groups is 1. The van der Waals surface area contributed by atoms with E-state index >= 15 is 0 Å². The van der Waals surface area contributed by atoms with E-state index in [4.69, 9.17) is 9.26 Å². The molecule has 19 heavy (non-hydrogen) atoms. The monoisotopic (exact) mass is 326 g/mol. The zero-order valence-electron chi connectivity index (χ0n) is 10.9. The lowest BCUT2D eigenvalue weighted by Gasteiger charge is -2.14. The van der Waals surface area contributed by atoms with Gasteiger partial charge in [0, 0.05) is 11.6 Å². The van der Waals surface area contributed by atoms with Crippen LogP contribution in [0.2, 0.25) is 0 Å². The predicted molar refractivity (Wildman–Crippen MR) is 73.7 cm³/mol. The Kier molecular flexibility index (Phi) is 4.21. The second kappa shape index (κ2) is 5.71. The highest BCUT2D eigenvalue weighted by Crippen LogP contribution is 2.32. The number of nitrogens with zero attached hydrogens (tertiary/aromatic N) is 2. The first-order chi connectivity index (χ1) is 9.02. The van der Waals surface area contributed by atoms with Crippen LogP contribution in [0.4, 0.5) is 0 Å². The summed E-state index contributed by atoms with van der Waals surface area (Å²) in [5.41, 5.74) is 0.492. The van der Waals surface area contributed by atoms with Crippen LogP contribution in [0, 0.1) is 5.92 Å². The van der Waals surface area contributed by atoms with Gasteiger partial charge in [0.2, 0.25) is 5.82 Å². The first-order valence-electron chi connectivity index (χ1n) is 5.88. The van der Waals surface area contributed by atoms with Gasteiger partial charge in [-0.15, -0.1) is 0 Å². The highest BCUT2D eigenvalue weighted by Gasteiger charge is 2.22. The Hall–Kier alpha value is -1.40. The van der Waals surface area contributed by atoms with E-state index in [2.05, 4.69) is 26.1 Å². The van der Waals surface area contributed by atoms with Gasteiger partial charge in [-0.25, -0.2) is 0 Å². The summed E-state index contributed by atoms with van der Waals surface area (Å²) in [6.07, 6.45) is -0.230. The first kappa shape index (κ1) is 14.0. The third kappa shape index (κ3) is 2.96. The Bertz CT molecular complexity index is 569. The summed E-state index contributed by atoms with van der Waals surface area (Å²) >= 11 is 3.34. The first-order valence-corrected chi connectivity index (χ1v) is 6.67. The molecule has 0 saturated carbocycles. The van der Waals surface area contributed by atoms with Crippen LogP contribution in [-0.2, 0) is 4.74 Å². The fourth-order valence-corrected chi connectivity index (χ4v) is 2.18. The molecule has 0 radical (unpaired) electrons. The number of aromatic nitrogens is 2. The van der Waals surface area contributed by atoms with Crippen LogP contribution in [0.25, 0.3) is 11.5 Å². The van der Waals surface area contributed by atoms with Gasteiger partial charge >= 0.3 is 0 Å². The average Bonchev–Trinajstić information content (AvgIpc) is 2.82. The highest BCUT2D eigenvalue weighted by molar-refractivity contribution is 9.10. The van der Waals surface area contributed by atoms with E-state index in [-0.39, 0.29) is 23.7 Å². The van der Waals surface area contributed by atoms with E-state index in [1.54, 1.807) is 25.3 Å². The average molecular weight is 327 g/mol. The third-order valence-electron chi connectivity index (χ3n) is 2.74. The summed E-state index contributed by atoms with van der Waals surface area (Å²) in [7, 11) is 1.61. The number of methoxy groups -OCH3 is 1. The maximum Gasteiger partial charge on any atom is 0.261 e. The van der Waals surface area contributed by atoms with Gasteiger partial charge in [0.15, 0.2) is 0 Å². The van der Waals surface area contributed by atoms with E-state index in [0.29, 0.717) is 11.4 Å². The molecule has 1 atom stereocenters. The largest absolute Gasteiger partial charge is 0.507 e. The molecule has 1 aromatic heterocycles. The molecule has 5 nitrogen and oxygen atoms in total. The molecular weight excluding hydrogens is 312 g/mol. The molecule has 0 bridgehead atoms. The van der Waals surface area contributed by atoms with E-state index < -0.39 is 0 Å². The number of phenolic OH excluding ortho intramolecular Hbond substituents is 1. The maximum atomic E-state index is 9.82. The normalized spacial score (nSPS) is 12.9. The van der Waals surface area contributed by atoms with Gasteiger partial charge in [0.25, 0.3) is 5.89 Å². The number of hydrogen-bond donors (Lipinski definition) is 1. The molecule has 1 unspecified atom stereocenters. The summed E-state index contributed by atoms with van der Waals surface area (Å²) in [5.74, 6) is 1.08. The molecular formula is C13H15BrN2O3. The van der Waals surface area contributed by atoms with E-state index in [1.165, 1.54) is 0 Å². The predicted octanol–water partition coefficient (Wildman–Crippen LogP) is 3.55. The van der Waals surface area contributed by atoms with Crippen molar-refractivity contribution in [3.63, 3.8) is 0 Å². The highest BCUT2D eigenvalue weighted by atomic mass is 79.9. The number of benzene rings is 1. The molecule has 0 fully saturated rings. The molecule has 0 aliphatic carbocycles. The number of ether oxygens (including phenoxy) is 1. The zero-order chi connectivity index (χ0) is 14.0. The molecule has 1 N–H and O–H groups in total. The van der Waals surface area contributed by atoms with E-state index in [0.717, 1.165) is 4.47 Å². The molecule has 1 aromatic carbocycles. The third-order valence-corrected chi connectivity index (χ3v) is 3.24. The number of phenols is 1. The van der Waals surface area contributed by atoms with Gasteiger partial charge in [0.1, 0.15) is 11.9 Å². The summed E-state index contributed by atoms with van der Waals surface area (Å²) in [6, 6.07) is 5.03. The summed E-state index contributed by atoms with van der Waals surface area (Å²) in [6.45, 7) is 4.03. The molecule has 0 saturated heterocycles. The molecule has 0 spiro atoms. The van der Waals surface area contributed by atoms with Crippen molar-refractivity contribution in [2.45, 2.75) is 20.0 Å². The van der Waals surface area contributed by atoms with Gasteiger partial charge in [-0.1, -0.05) is 34.9 Å². The fraction of sp³-hybridized carbons (Fsp3) is 0.385. The van der Waals surface area contributed by atoms with Crippen molar-refractivity contribution in [3.05, 3.63) is 28.5 Å². The van der Waals surface area contributed by atoms with Crippen LogP contribution >= 0.6 is 15.9 Å². The molecule has 6 heteroatoms. The molecule has 2 rings (SSSR count). The SMILES string of the molecule is COC(c1noc(-c2cc(Br)ccc2O)n1)C(C)C. The second-order valence-corrected chi connectivity index (χ2v) is 5.44. The van der Waals surface area contributed by atoms with Crippen LogP contribution in [0.3, 0.4) is 0 Å². The molecule has 102 valence electrons. The van der Waals surface area contributed by atoms with Gasteiger partial charge in [0.05, 0.1) is 5.56 Å². The van der Waals surface area contributed by atoms with Crippen LogP contribution in [-0.4, -0.2) is 22.4 Å². The van der Waals surface area contributed by atoms with Gasteiger partial charge in [-0.2, -0.15) is 4.98 Å². The number of rotatable bonds is 4. The molecule has 0 aliphatic rings. The van der Waals surface area contributed by atoms with Crippen LogP contribution in [0.5, 0.6) is 5.75 Å². The lowest BCUT2D eigenvalue weighted by atomic mass is 10.1. The lowest BCUT2D eigenvalue weighted by molar-refractivity contribution is 0.0556. The molecule has 1 heterocycles. The minimum Gasteiger partial charge on any atom is -0.507 e. The Labute approximate surface area is 119 Å². The quantitative estimate of drug-likeness (QED) is 0.930. The topological polar surface area (TPSA) is 68.4 Å². The Morgan fingerprint density at radius 3 is 2.74 bits per heavy atom. The van der Waals surface area contributed by atoms with E-state index in [9.17, 15) is 5.11 Å². The summed E-state index contributed by atoms with van der Waals surface area (Å²) in [4.78, 5) is 4.29. The smallest absolute Gasteiger partial charge is 0.261 e. The van der Waals surface area contributed by atoms with Gasteiger partial charge in [-0.05, 0) is 24.1 Å². The summed E-state index contributed by atoms with van der Waals surface area (Å²) < 4.78 is 11.4. The minimum atomic E-state index is -0.230. The van der Waals surface area contributed by atoms with Crippen molar-refractivity contribution in [3.8, 4) is 17.2 Å². The maximum absolute atomic E-state index is 9.82. The Morgan fingerprint density at radius 2 is 2.11 bits per heavy atom. The molecule has 0 amide bonds. The Morgan fingerprint density at radius 1 is 1.37 bits per heavy atom. The molecule has 2 aromatic rings. The van der Waals surface area contributed by atoms with E-state index in [1.807, 2.05) is 13.8 Å². The Balaban J connectivity index is 2.38. The second-order valence-electron chi connectivity index (χ2n) is 4.52. The van der Waals surface area contributed by atoms with Crippen molar-refractivity contribution in [1.29, 1.82) is 0 Å². The molecule has 0 aliphatic heterocycles. The minimum absolute atomic E-state index is 0.0944. The lowest BCUT2D eigenvalue weighted by Crippen LogP contribution is -2.10. The van der Waals surface area contributed by atoms with Crippen LogP contribution in [0.15, 0.2) is 27.2 Å². The number of halogens is 1. The fourth-order valence-electron chi connectivity index (χ4n) is 1.82. The van der Waals surface area contributed by atoms with Crippen LogP contribution in [0.1, 0.15) is 25.8 Å². The van der Waals surface area contributed by atoms with Crippen molar-refractivity contribution < 1.29 is 14.4 Å². The van der Waals surface area contributed by atoms with Crippen molar-refractivity contribution >= 4 is 15.9 Å².